The van der Waals surface area contributed by atoms with Gasteiger partial charge in [0.2, 0.25) is 5.88 Å². The van der Waals surface area contributed by atoms with Crippen molar-refractivity contribution in [3.8, 4) is 17.0 Å². The second-order valence-corrected chi connectivity index (χ2v) is 10.4. The summed E-state index contributed by atoms with van der Waals surface area (Å²) in [7, 11) is 3.55. The number of rotatable bonds is 7. The van der Waals surface area contributed by atoms with Crippen molar-refractivity contribution in [1.82, 2.24) is 24.5 Å². The van der Waals surface area contributed by atoms with Crippen molar-refractivity contribution in [3.05, 3.63) is 36.7 Å². The number of carbonyl (C=O) groups excluding carboxylic acids is 1. The SMILES string of the molecule is C=Cc1nn(C2CCCCO2)c2ccc(-c3cnn(C)c3OC(C)CN(C)C(=O)OC(C)(C)C)cc12. The van der Waals surface area contributed by atoms with Gasteiger partial charge in [-0.1, -0.05) is 12.6 Å². The summed E-state index contributed by atoms with van der Waals surface area (Å²) in [5, 5.41) is 10.2. The molecule has 1 aliphatic heterocycles. The van der Waals surface area contributed by atoms with E-state index in [1.54, 1.807) is 24.0 Å². The van der Waals surface area contributed by atoms with Gasteiger partial charge in [-0.25, -0.2) is 14.2 Å². The Bertz CT molecular complexity index is 1230. The van der Waals surface area contributed by atoms with Crippen LogP contribution in [0.25, 0.3) is 28.1 Å². The molecule has 0 aliphatic carbocycles. The van der Waals surface area contributed by atoms with Crippen LogP contribution in [-0.2, 0) is 16.5 Å². The third-order valence-corrected chi connectivity index (χ3v) is 6.10. The number of amides is 1. The fourth-order valence-corrected chi connectivity index (χ4v) is 4.41. The zero-order valence-electron chi connectivity index (χ0n) is 22.2. The third-order valence-electron chi connectivity index (χ3n) is 6.10. The summed E-state index contributed by atoms with van der Waals surface area (Å²) in [6.45, 7) is 12.6. The maximum atomic E-state index is 12.4. The Morgan fingerprint density at radius 1 is 1.36 bits per heavy atom. The van der Waals surface area contributed by atoms with E-state index < -0.39 is 5.60 Å². The van der Waals surface area contributed by atoms with Crippen LogP contribution in [0.1, 0.15) is 58.9 Å². The zero-order chi connectivity index (χ0) is 26.0. The van der Waals surface area contributed by atoms with Crippen molar-refractivity contribution in [3.63, 3.8) is 0 Å². The lowest BCUT2D eigenvalue weighted by Crippen LogP contribution is -2.39. The van der Waals surface area contributed by atoms with Gasteiger partial charge in [-0.2, -0.15) is 10.2 Å². The molecule has 0 N–H and O–H groups in total. The smallest absolute Gasteiger partial charge is 0.410 e. The van der Waals surface area contributed by atoms with E-state index >= 15 is 0 Å². The van der Waals surface area contributed by atoms with E-state index in [1.165, 1.54) is 4.90 Å². The molecule has 2 unspecified atom stereocenters. The maximum absolute atomic E-state index is 12.4. The summed E-state index contributed by atoms with van der Waals surface area (Å²) in [6.07, 6.45) is 6.02. The molecule has 4 rings (SSSR count). The number of likely N-dealkylation sites (N-methyl/N-ethyl adjacent to an activating group) is 1. The van der Waals surface area contributed by atoms with Gasteiger partial charge in [0.25, 0.3) is 0 Å². The van der Waals surface area contributed by atoms with Gasteiger partial charge in [0.15, 0.2) is 6.23 Å². The van der Waals surface area contributed by atoms with Crippen LogP contribution in [0.3, 0.4) is 0 Å². The molecule has 1 saturated heterocycles. The molecule has 9 heteroatoms. The Hall–Kier alpha value is -3.33. The van der Waals surface area contributed by atoms with E-state index in [0.29, 0.717) is 12.4 Å². The summed E-state index contributed by atoms with van der Waals surface area (Å²) < 4.78 is 21.4. The van der Waals surface area contributed by atoms with Gasteiger partial charge in [-0.15, -0.1) is 0 Å². The molecule has 0 radical (unpaired) electrons. The first-order valence-corrected chi connectivity index (χ1v) is 12.5. The number of hydrogen-bond donors (Lipinski definition) is 0. The monoisotopic (exact) mass is 495 g/mol. The molecule has 3 heterocycles. The quantitative estimate of drug-likeness (QED) is 0.436. The second kappa shape index (κ2) is 10.3. The van der Waals surface area contributed by atoms with E-state index in [4.69, 9.17) is 19.3 Å². The first kappa shape index (κ1) is 25.8. The lowest BCUT2D eigenvalue weighted by molar-refractivity contribution is -0.0367. The number of aromatic nitrogens is 4. The second-order valence-electron chi connectivity index (χ2n) is 10.4. The molecule has 1 fully saturated rings. The van der Waals surface area contributed by atoms with Crippen LogP contribution < -0.4 is 4.74 Å². The van der Waals surface area contributed by atoms with Gasteiger partial charge in [-0.3, -0.25) is 0 Å². The highest BCUT2D eigenvalue weighted by atomic mass is 16.6. The van der Waals surface area contributed by atoms with Crippen molar-refractivity contribution in [1.29, 1.82) is 0 Å². The Morgan fingerprint density at radius 2 is 2.14 bits per heavy atom. The average molecular weight is 496 g/mol. The van der Waals surface area contributed by atoms with E-state index in [0.717, 1.165) is 53.6 Å². The summed E-state index contributed by atoms with van der Waals surface area (Å²) in [5.41, 5.74) is 3.11. The number of fused-ring (bicyclic) bond motifs is 1. The fraction of sp³-hybridized carbons (Fsp3) is 0.519. The van der Waals surface area contributed by atoms with E-state index in [-0.39, 0.29) is 18.4 Å². The molecule has 2 atom stereocenters. The predicted octanol–water partition coefficient (Wildman–Crippen LogP) is 5.41. The molecular weight excluding hydrogens is 458 g/mol. The van der Waals surface area contributed by atoms with E-state index in [1.807, 2.05) is 39.4 Å². The van der Waals surface area contributed by atoms with Gasteiger partial charge in [0.1, 0.15) is 11.7 Å². The van der Waals surface area contributed by atoms with Gasteiger partial charge >= 0.3 is 6.09 Å². The van der Waals surface area contributed by atoms with Crippen LogP contribution >= 0.6 is 0 Å². The molecule has 1 aliphatic rings. The highest BCUT2D eigenvalue weighted by Gasteiger charge is 2.24. The van der Waals surface area contributed by atoms with Crippen molar-refractivity contribution in [2.24, 2.45) is 7.05 Å². The lowest BCUT2D eigenvalue weighted by atomic mass is 10.1. The Balaban J connectivity index is 1.57. The molecule has 1 amide bonds. The first-order chi connectivity index (χ1) is 17.1. The molecule has 3 aromatic rings. The topological polar surface area (TPSA) is 83.6 Å². The molecule has 194 valence electrons. The number of benzene rings is 1. The van der Waals surface area contributed by atoms with E-state index in [2.05, 4.69) is 29.9 Å². The summed E-state index contributed by atoms with van der Waals surface area (Å²) in [4.78, 5) is 13.9. The van der Waals surface area contributed by atoms with Gasteiger partial charge in [-0.05, 0) is 70.7 Å². The van der Waals surface area contributed by atoms with Gasteiger partial charge in [0, 0.05) is 26.1 Å². The standard InChI is InChI=1S/C27H37N5O4/c1-8-22-20-15-19(12-13-23(20)32(29-22)24-11-9-10-14-34-24)21-16-28-31(7)25(21)35-18(2)17-30(6)26(33)36-27(3,4)5/h8,12-13,15-16,18,24H,1,9-11,14,17H2,2-7H3. The van der Waals surface area contributed by atoms with Gasteiger partial charge in [0.05, 0.1) is 29.5 Å². The molecular formula is C27H37N5O4. The Kier molecular flexibility index (Phi) is 7.40. The minimum Gasteiger partial charge on any atom is -0.472 e. The largest absolute Gasteiger partial charge is 0.472 e. The van der Waals surface area contributed by atoms with Crippen LogP contribution in [0, 0.1) is 0 Å². The Morgan fingerprint density at radius 3 is 2.81 bits per heavy atom. The van der Waals surface area contributed by atoms with E-state index in [9.17, 15) is 4.79 Å². The van der Waals surface area contributed by atoms with Crippen molar-refractivity contribution in [2.45, 2.75) is 64.9 Å². The molecule has 9 nitrogen and oxygen atoms in total. The minimum atomic E-state index is -0.551. The lowest BCUT2D eigenvalue weighted by Gasteiger charge is -2.26. The normalized spacial score (nSPS) is 17.1. The summed E-state index contributed by atoms with van der Waals surface area (Å²) in [6, 6.07) is 6.22. The van der Waals surface area contributed by atoms with Crippen LogP contribution in [0.4, 0.5) is 4.79 Å². The number of aryl methyl sites for hydroxylation is 1. The van der Waals surface area contributed by atoms with Crippen LogP contribution in [0.2, 0.25) is 0 Å². The average Bonchev–Trinajstić information content (AvgIpc) is 3.38. The number of nitrogens with zero attached hydrogens (tertiary/aromatic N) is 5. The summed E-state index contributed by atoms with van der Waals surface area (Å²) >= 11 is 0. The number of carbonyl (C=O) groups is 1. The molecule has 0 bridgehead atoms. The number of ether oxygens (including phenoxy) is 3. The minimum absolute atomic E-state index is 0.0547. The number of hydrogen-bond acceptors (Lipinski definition) is 6. The van der Waals surface area contributed by atoms with Crippen molar-refractivity contribution < 1.29 is 19.0 Å². The van der Waals surface area contributed by atoms with Gasteiger partial charge < -0.3 is 19.1 Å². The first-order valence-electron chi connectivity index (χ1n) is 12.5. The molecule has 36 heavy (non-hydrogen) atoms. The summed E-state index contributed by atoms with van der Waals surface area (Å²) in [5.74, 6) is 0.627. The highest BCUT2D eigenvalue weighted by Crippen LogP contribution is 2.35. The zero-order valence-corrected chi connectivity index (χ0v) is 22.2. The van der Waals surface area contributed by atoms with Crippen LogP contribution in [-0.4, -0.2) is 62.5 Å². The molecule has 0 saturated carbocycles. The molecule has 0 spiro atoms. The molecule has 2 aromatic heterocycles. The van der Waals surface area contributed by atoms with Crippen LogP contribution in [0.15, 0.2) is 31.0 Å². The maximum Gasteiger partial charge on any atom is 0.410 e. The third kappa shape index (κ3) is 5.56. The van der Waals surface area contributed by atoms with Crippen molar-refractivity contribution >= 4 is 23.1 Å². The van der Waals surface area contributed by atoms with Crippen molar-refractivity contribution in [2.75, 3.05) is 20.2 Å². The fourth-order valence-electron chi connectivity index (χ4n) is 4.41. The Labute approximate surface area is 212 Å². The predicted molar refractivity (Wildman–Crippen MR) is 140 cm³/mol. The highest BCUT2D eigenvalue weighted by molar-refractivity contribution is 5.91. The molecule has 1 aromatic carbocycles. The van der Waals surface area contributed by atoms with Crippen LogP contribution in [0.5, 0.6) is 5.88 Å².